The molecule has 0 bridgehead atoms. The summed E-state index contributed by atoms with van der Waals surface area (Å²) in [6.07, 6.45) is 1.15. The van der Waals surface area contributed by atoms with Crippen LogP contribution in [0.15, 0.2) is 42.5 Å². The summed E-state index contributed by atoms with van der Waals surface area (Å²) in [4.78, 5) is 39.9. The summed E-state index contributed by atoms with van der Waals surface area (Å²) in [5.41, 5.74) is 1.54. The van der Waals surface area contributed by atoms with Gasteiger partial charge in [0.25, 0.3) is 5.91 Å². The van der Waals surface area contributed by atoms with Gasteiger partial charge in [-0.05, 0) is 18.2 Å². The molecule has 0 radical (unpaired) electrons. The molecule has 0 unspecified atom stereocenters. The molecule has 1 saturated heterocycles. The Morgan fingerprint density at radius 2 is 1.36 bits per heavy atom. The van der Waals surface area contributed by atoms with Crippen molar-refractivity contribution in [2.24, 2.45) is 0 Å². The second-order valence-corrected chi connectivity index (χ2v) is 8.90. The van der Waals surface area contributed by atoms with E-state index in [0.29, 0.717) is 22.3 Å². The van der Waals surface area contributed by atoms with Gasteiger partial charge in [0.2, 0.25) is 10.0 Å². The van der Waals surface area contributed by atoms with Crippen LogP contribution in [-0.4, -0.2) is 67.5 Å². The van der Waals surface area contributed by atoms with Crippen molar-refractivity contribution in [1.29, 1.82) is 0 Å². The number of hydrogen-bond donors (Lipinski definition) is 0. The third-order valence-electron chi connectivity index (χ3n) is 5.17. The lowest BCUT2D eigenvalue weighted by Crippen LogP contribution is -2.50. The number of carbonyl (C=O) groups excluding carboxylic acids is 3. The Hall–Kier alpha value is -2.84. The number of piperazine rings is 1. The number of carbonyl (C=O) groups is 3. The average Bonchev–Trinajstić information content (AvgIpc) is 2.70. The summed E-state index contributed by atoms with van der Waals surface area (Å²) < 4.78 is 24.6. The molecule has 0 N–H and O–H groups in total. The van der Waals surface area contributed by atoms with Gasteiger partial charge in [-0.3, -0.25) is 14.4 Å². The molecule has 7 nitrogen and oxygen atoms in total. The lowest BCUT2D eigenvalue weighted by molar-refractivity contribution is 0.0698. The van der Waals surface area contributed by atoms with Gasteiger partial charge >= 0.3 is 0 Å². The molecule has 4 rings (SSSR count). The van der Waals surface area contributed by atoms with Crippen molar-refractivity contribution in [2.75, 3.05) is 32.4 Å². The second-order valence-electron chi connectivity index (χ2n) is 6.92. The van der Waals surface area contributed by atoms with Crippen molar-refractivity contribution < 1.29 is 22.8 Å². The Bertz CT molecular complexity index is 1120. The van der Waals surface area contributed by atoms with Crippen molar-refractivity contribution in [3.63, 3.8) is 0 Å². The molecule has 2 aliphatic rings. The molecule has 1 heterocycles. The molecule has 0 spiro atoms. The minimum atomic E-state index is -3.28. The Labute approximate surface area is 162 Å². The quantitative estimate of drug-likeness (QED) is 0.646. The lowest BCUT2D eigenvalue weighted by atomic mass is 9.83. The van der Waals surface area contributed by atoms with Crippen molar-refractivity contribution in [3.8, 4) is 0 Å². The first-order chi connectivity index (χ1) is 13.3. The Balaban J connectivity index is 1.61. The van der Waals surface area contributed by atoms with Crippen molar-refractivity contribution >= 4 is 27.5 Å². The molecule has 1 aliphatic carbocycles. The molecule has 144 valence electrons. The number of amides is 1. The SMILES string of the molecule is CS(=O)(=O)N1CCN(C(=O)c2ccc3c(c2)C(=O)c2ccccc2C3=O)CC1. The summed E-state index contributed by atoms with van der Waals surface area (Å²) in [7, 11) is -3.28. The van der Waals surface area contributed by atoms with E-state index in [1.807, 2.05) is 0 Å². The van der Waals surface area contributed by atoms with Crippen LogP contribution in [0.4, 0.5) is 0 Å². The van der Waals surface area contributed by atoms with Crippen LogP contribution < -0.4 is 0 Å². The van der Waals surface area contributed by atoms with Crippen LogP contribution in [0, 0.1) is 0 Å². The zero-order chi connectivity index (χ0) is 20.1. The average molecular weight is 398 g/mol. The van der Waals surface area contributed by atoms with Crippen LogP contribution in [0.25, 0.3) is 0 Å². The standard InChI is InChI=1S/C20H18N2O5S/c1-28(26,27)22-10-8-21(9-11-22)20(25)13-6-7-16-17(12-13)19(24)15-5-3-2-4-14(15)18(16)23/h2-7,12H,8-11H2,1H3. The normalized spacial score (nSPS) is 17.2. The molecule has 1 aliphatic heterocycles. The van der Waals surface area contributed by atoms with Crippen molar-refractivity contribution in [2.45, 2.75) is 0 Å². The molecule has 2 aromatic carbocycles. The van der Waals surface area contributed by atoms with Gasteiger partial charge in [-0.1, -0.05) is 24.3 Å². The van der Waals surface area contributed by atoms with Gasteiger partial charge in [0.05, 0.1) is 6.26 Å². The molecular formula is C20H18N2O5S. The fourth-order valence-corrected chi connectivity index (χ4v) is 4.46. The largest absolute Gasteiger partial charge is 0.336 e. The van der Waals surface area contributed by atoms with Crippen LogP contribution in [0.5, 0.6) is 0 Å². The minimum absolute atomic E-state index is 0.226. The minimum Gasteiger partial charge on any atom is -0.336 e. The Morgan fingerprint density at radius 1 is 0.821 bits per heavy atom. The zero-order valence-electron chi connectivity index (χ0n) is 15.2. The maximum Gasteiger partial charge on any atom is 0.253 e. The summed E-state index contributed by atoms with van der Waals surface area (Å²) >= 11 is 0. The van der Waals surface area contributed by atoms with Crippen molar-refractivity contribution in [3.05, 3.63) is 70.3 Å². The first-order valence-corrected chi connectivity index (χ1v) is 10.7. The predicted octanol–water partition coefficient (Wildman–Crippen LogP) is 1.18. The van der Waals surface area contributed by atoms with Crippen molar-refractivity contribution in [1.82, 2.24) is 9.21 Å². The number of rotatable bonds is 2. The van der Waals surface area contributed by atoms with Crippen LogP contribution in [0.3, 0.4) is 0 Å². The van der Waals surface area contributed by atoms with Gasteiger partial charge in [0.1, 0.15) is 0 Å². The summed E-state index contributed by atoms with van der Waals surface area (Å²) in [6, 6.07) is 11.2. The van der Waals surface area contributed by atoms with Gasteiger partial charge < -0.3 is 4.90 Å². The fourth-order valence-electron chi connectivity index (χ4n) is 3.64. The van der Waals surface area contributed by atoms with E-state index in [0.717, 1.165) is 6.26 Å². The fraction of sp³-hybridized carbons (Fsp3) is 0.250. The molecular weight excluding hydrogens is 380 g/mol. The highest BCUT2D eigenvalue weighted by molar-refractivity contribution is 7.88. The highest BCUT2D eigenvalue weighted by Gasteiger charge is 2.31. The maximum absolute atomic E-state index is 12.8. The number of hydrogen-bond acceptors (Lipinski definition) is 5. The third kappa shape index (κ3) is 3.04. The number of fused-ring (bicyclic) bond motifs is 2. The molecule has 0 aromatic heterocycles. The molecule has 0 saturated carbocycles. The molecule has 1 amide bonds. The van der Waals surface area contributed by atoms with Gasteiger partial charge in [0.15, 0.2) is 11.6 Å². The second kappa shape index (κ2) is 6.65. The number of benzene rings is 2. The van der Waals surface area contributed by atoms with Crippen LogP contribution in [0.1, 0.15) is 42.2 Å². The number of ketones is 2. The van der Waals surface area contributed by atoms with E-state index >= 15 is 0 Å². The highest BCUT2D eigenvalue weighted by Crippen LogP contribution is 2.28. The van der Waals surface area contributed by atoms with E-state index in [2.05, 4.69) is 0 Å². The number of sulfonamides is 1. The van der Waals surface area contributed by atoms with Crippen LogP contribution >= 0.6 is 0 Å². The smallest absolute Gasteiger partial charge is 0.253 e. The molecule has 0 atom stereocenters. The van der Waals surface area contributed by atoms with E-state index in [4.69, 9.17) is 0 Å². The Morgan fingerprint density at radius 3 is 1.93 bits per heavy atom. The van der Waals surface area contributed by atoms with E-state index in [1.54, 1.807) is 35.2 Å². The number of nitrogens with zero attached hydrogens (tertiary/aromatic N) is 2. The topological polar surface area (TPSA) is 91.8 Å². The molecule has 8 heteroatoms. The summed E-state index contributed by atoms with van der Waals surface area (Å²) in [5, 5.41) is 0. The van der Waals surface area contributed by atoms with E-state index in [9.17, 15) is 22.8 Å². The third-order valence-corrected chi connectivity index (χ3v) is 6.47. The maximum atomic E-state index is 12.8. The van der Waals surface area contributed by atoms with E-state index in [-0.39, 0.29) is 49.2 Å². The Kier molecular flexibility index (Phi) is 4.40. The monoisotopic (exact) mass is 398 g/mol. The lowest BCUT2D eigenvalue weighted by Gasteiger charge is -2.33. The van der Waals surface area contributed by atoms with E-state index in [1.165, 1.54) is 16.4 Å². The van der Waals surface area contributed by atoms with Gasteiger partial charge in [-0.25, -0.2) is 8.42 Å². The van der Waals surface area contributed by atoms with Gasteiger partial charge in [-0.2, -0.15) is 4.31 Å². The summed E-state index contributed by atoms with van der Waals surface area (Å²) in [5.74, 6) is -0.789. The first-order valence-electron chi connectivity index (χ1n) is 8.84. The van der Waals surface area contributed by atoms with Crippen LogP contribution in [-0.2, 0) is 10.0 Å². The van der Waals surface area contributed by atoms with Gasteiger partial charge in [-0.15, -0.1) is 0 Å². The van der Waals surface area contributed by atoms with Gasteiger partial charge in [0, 0.05) is 54.0 Å². The summed E-state index contributed by atoms with van der Waals surface area (Å²) in [6.45, 7) is 1.03. The highest BCUT2D eigenvalue weighted by atomic mass is 32.2. The molecule has 2 aromatic rings. The molecule has 28 heavy (non-hydrogen) atoms. The molecule has 1 fully saturated rings. The predicted molar refractivity (Wildman–Crippen MR) is 102 cm³/mol. The zero-order valence-corrected chi connectivity index (χ0v) is 16.0. The van der Waals surface area contributed by atoms with Crippen LogP contribution in [0.2, 0.25) is 0 Å². The van der Waals surface area contributed by atoms with E-state index < -0.39 is 10.0 Å². The first kappa shape index (κ1) is 18.5.